The van der Waals surface area contributed by atoms with Crippen LogP contribution in [0.5, 0.6) is 5.75 Å². The number of aliphatic hydroxyl groups is 1. The molecule has 0 heterocycles. The van der Waals surface area contributed by atoms with Gasteiger partial charge in [0.05, 0.1) is 6.61 Å². The lowest BCUT2D eigenvalue weighted by molar-refractivity contribution is 0.219. The monoisotopic (exact) mass is 278 g/mol. The van der Waals surface area contributed by atoms with Gasteiger partial charge in [-0.2, -0.15) is 0 Å². The molecule has 0 aliphatic heterocycles. The fourth-order valence-corrected chi connectivity index (χ4v) is 1.84. The number of benzene rings is 2. The van der Waals surface area contributed by atoms with E-state index in [1.54, 1.807) is 24.3 Å². The van der Waals surface area contributed by atoms with Gasteiger partial charge in [0.2, 0.25) is 0 Å². The Morgan fingerprint density at radius 1 is 1.00 bits per heavy atom. The van der Waals surface area contributed by atoms with Gasteiger partial charge in [-0.1, -0.05) is 25.1 Å². The van der Waals surface area contributed by atoms with Gasteiger partial charge in [0.1, 0.15) is 11.9 Å². The first-order valence-electron chi connectivity index (χ1n) is 6.47. The number of ether oxygens (including phenoxy) is 1. The minimum Gasteiger partial charge on any atom is -0.494 e. The smallest absolute Gasteiger partial charge is 0.159 e. The Morgan fingerprint density at radius 2 is 1.65 bits per heavy atom. The van der Waals surface area contributed by atoms with Gasteiger partial charge in [-0.05, 0) is 41.8 Å². The van der Waals surface area contributed by atoms with E-state index in [1.807, 2.05) is 6.92 Å². The molecular weight excluding hydrogens is 262 g/mol. The van der Waals surface area contributed by atoms with Gasteiger partial charge < -0.3 is 9.84 Å². The quantitative estimate of drug-likeness (QED) is 0.900. The Kier molecular flexibility index (Phi) is 4.69. The van der Waals surface area contributed by atoms with Crippen LogP contribution < -0.4 is 4.74 Å². The normalized spacial score (nSPS) is 12.2. The van der Waals surface area contributed by atoms with Crippen molar-refractivity contribution < 1.29 is 18.6 Å². The second-order valence-corrected chi connectivity index (χ2v) is 4.49. The molecule has 1 atom stereocenters. The van der Waals surface area contributed by atoms with E-state index in [1.165, 1.54) is 6.07 Å². The zero-order valence-electron chi connectivity index (χ0n) is 11.1. The SMILES string of the molecule is CCCOc1ccc(C(O)c2ccc(F)c(F)c2)cc1. The molecule has 0 spiro atoms. The van der Waals surface area contributed by atoms with E-state index in [0.717, 1.165) is 18.6 Å². The summed E-state index contributed by atoms with van der Waals surface area (Å²) in [7, 11) is 0. The highest BCUT2D eigenvalue weighted by molar-refractivity contribution is 5.34. The van der Waals surface area contributed by atoms with Crippen LogP contribution in [-0.2, 0) is 0 Å². The lowest BCUT2D eigenvalue weighted by Gasteiger charge is -2.12. The number of halogens is 2. The lowest BCUT2D eigenvalue weighted by atomic mass is 10.0. The van der Waals surface area contributed by atoms with Crippen molar-refractivity contribution >= 4 is 0 Å². The summed E-state index contributed by atoms with van der Waals surface area (Å²) in [4.78, 5) is 0. The molecule has 0 aliphatic rings. The molecule has 0 radical (unpaired) electrons. The molecule has 2 nitrogen and oxygen atoms in total. The molecule has 2 aromatic carbocycles. The van der Waals surface area contributed by atoms with Gasteiger partial charge in [-0.3, -0.25) is 0 Å². The lowest BCUT2D eigenvalue weighted by Crippen LogP contribution is -2.01. The van der Waals surface area contributed by atoms with Crippen LogP contribution in [0.25, 0.3) is 0 Å². The maximum atomic E-state index is 13.2. The largest absolute Gasteiger partial charge is 0.494 e. The summed E-state index contributed by atoms with van der Waals surface area (Å²) >= 11 is 0. The highest BCUT2D eigenvalue weighted by atomic mass is 19.2. The first-order chi connectivity index (χ1) is 9.61. The summed E-state index contributed by atoms with van der Waals surface area (Å²) in [6.45, 7) is 2.65. The molecule has 2 rings (SSSR count). The van der Waals surface area contributed by atoms with Crippen molar-refractivity contribution in [1.82, 2.24) is 0 Å². The standard InChI is InChI=1S/C16H16F2O2/c1-2-9-20-13-6-3-11(4-7-13)16(19)12-5-8-14(17)15(18)10-12/h3-8,10,16,19H,2,9H2,1H3. The predicted octanol–water partition coefficient (Wildman–Crippen LogP) is 3.84. The van der Waals surface area contributed by atoms with Crippen LogP contribution in [0.3, 0.4) is 0 Å². The first kappa shape index (κ1) is 14.5. The van der Waals surface area contributed by atoms with Crippen LogP contribution in [0.4, 0.5) is 8.78 Å². The van der Waals surface area contributed by atoms with Crippen LogP contribution >= 0.6 is 0 Å². The molecule has 1 N–H and O–H groups in total. The highest BCUT2D eigenvalue weighted by Gasteiger charge is 2.13. The summed E-state index contributed by atoms with van der Waals surface area (Å²) in [5, 5.41) is 10.1. The van der Waals surface area contributed by atoms with Gasteiger partial charge in [0, 0.05) is 0 Å². The minimum atomic E-state index is -0.995. The Hall–Kier alpha value is -1.94. The number of aliphatic hydroxyl groups excluding tert-OH is 1. The molecular formula is C16H16F2O2. The average Bonchev–Trinajstić information content (AvgIpc) is 2.48. The third kappa shape index (κ3) is 3.33. The van der Waals surface area contributed by atoms with Crippen molar-refractivity contribution in [2.45, 2.75) is 19.4 Å². The Morgan fingerprint density at radius 3 is 2.25 bits per heavy atom. The van der Waals surface area contributed by atoms with E-state index < -0.39 is 17.7 Å². The van der Waals surface area contributed by atoms with Crippen LogP contribution in [0.2, 0.25) is 0 Å². The van der Waals surface area contributed by atoms with E-state index >= 15 is 0 Å². The Balaban J connectivity index is 2.15. The summed E-state index contributed by atoms with van der Waals surface area (Å²) in [6.07, 6.45) is -0.0792. The van der Waals surface area contributed by atoms with E-state index in [0.29, 0.717) is 23.5 Å². The minimum absolute atomic E-state index is 0.311. The number of hydrogen-bond donors (Lipinski definition) is 1. The van der Waals surface area contributed by atoms with Crippen LogP contribution in [0.15, 0.2) is 42.5 Å². The van der Waals surface area contributed by atoms with Crippen LogP contribution in [0.1, 0.15) is 30.6 Å². The summed E-state index contributed by atoms with van der Waals surface area (Å²) < 4.78 is 31.5. The first-order valence-corrected chi connectivity index (χ1v) is 6.47. The molecule has 0 saturated carbocycles. The molecule has 106 valence electrons. The zero-order valence-corrected chi connectivity index (χ0v) is 11.1. The van der Waals surface area contributed by atoms with E-state index in [9.17, 15) is 13.9 Å². The Labute approximate surface area is 116 Å². The van der Waals surface area contributed by atoms with Gasteiger partial charge >= 0.3 is 0 Å². The molecule has 4 heteroatoms. The van der Waals surface area contributed by atoms with E-state index in [-0.39, 0.29) is 0 Å². The topological polar surface area (TPSA) is 29.5 Å². The molecule has 0 saturated heterocycles. The van der Waals surface area contributed by atoms with Crippen molar-refractivity contribution in [3.05, 3.63) is 65.2 Å². The highest BCUT2D eigenvalue weighted by Crippen LogP contribution is 2.25. The average molecular weight is 278 g/mol. The van der Waals surface area contributed by atoms with Crippen LogP contribution in [0, 0.1) is 11.6 Å². The predicted molar refractivity (Wildman–Crippen MR) is 72.6 cm³/mol. The zero-order chi connectivity index (χ0) is 14.5. The fraction of sp³-hybridized carbons (Fsp3) is 0.250. The summed E-state index contributed by atoms with van der Waals surface area (Å²) in [5.41, 5.74) is 0.908. The van der Waals surface area contributed by atoms with Crippen molar-refractivity contribution in [3.63, 3.8) is 0 Å². The number of hydrogen-bond acceptors (Lipinski definition) is 2. The van der Waals surface area contributed by atoms with Gasteiger partial charge in [0.15, 0.2) is 11.6 Å². The second-order valence-electron chi connectivity index (χ2n) is 4.49. The molecule has 0 amide bonds. The van der Waals surface area contributed by atoms with Crippen molar-refractivity contribution in [3.8, 4) is 5.75 Å². The molecule has 20 heavy (non-hydrogen) atoms. The van der Waals surface area contributed by atoms with Gasteiger partial charge in [-0.25, -0.2) is 8.78 Å². The van der Waals surface area contributed by atoms with Crippen molar-refractivity contribution in [1.29, 1.82) is 0 Å². The maximum Gasteiger partial charge on any atom is 0.159 e. The van der Waals surface area contributed by atoms with E-state index in [4.69, 9.17) is 4.74 Å². The second kappa shape index (κ2) is 6.48. The van der Waals surface area contributed by atoms with Gasteiger partial charge in [-0.15, -0.1) is 0 Å². The third-order valence-corrected chi connectivity index (χ3v) is 2.93. The Bertz CT molecular complexity index is 567. The van der Waals surface area contributed by atoms with Crippen molar-refractivity contribution in [2.75, 3.05) is 6.61 Å². The maximum absolute atomic E-state index is 13.2. The molecule has 0 aliphatic carbocycles. The molecule has 1 unspecified atom stereocenters. The van der Waals surface area contributed by atoms with E-state index in [2.05, 4.69) is 0 Å². The summed E-state index contributed by atoms with van der Waals surface area (Å²) in [5.74, 6) is -1.18. The molecule has 0 bridgehead atoms. The molecule has 0 fully saturated rings. The van der Waals surface area contributed by atoms with Gasteiger partial charge in [0.25, 0.3) is 0 Å². The molecule has 0 aromatic heterocycles. The fourth-order valence-electron chi connectivity index (χ4n) is 1.84. The van der Waals surface area contributed by atoms with Crippen LogP contribution in [-0.4, -0.2) is 11.7 Å². The molecule has 2 aromatic rings. The summed E-state index contributed by atoms with van der Waals surface area (Å²) in [6, 6.07) is 10.3. The van der Waals surface area contributed by atoms with Crippen molar-refractivity contribution in [2.24, 2.45) is 0 Å². The number of rotatable bonds is 5. The third-order valence-electron chi connectivity index (χ3n) is 2.93.